The van der Waals surface area contributed by atoms with Crippen molar-refractivity contribution in [2.75, 3.05) is 11.9 Å². The van der Waals surface area contributed by atoms with Gasteiger partial charge in [0, 0.05) is 18.0 Å². The number of esters is 1. The molecule has 8 heteroatoms. The summed E-state index contributed by atoms with van der Waals surface area (Å²) in [5.74, 6) is 1.03. The van der Waals surface area contributed by atoms with E-state index < -0.39 is 11.6 Å². The molecule has 132 valence electrons. The summed E-state index contributed by atoms with van der Waals surface area (Å²) in [4.78, 5) is 14.1. The maximum Gasteiger partial charge on any atom is 0.329 e. The average Bonchev–Trinajstić information content (AvgIpc) is 3.19. The molecule has 0 saturated carbocycles. The van der Waals surface area contributed by atoms with Gasteiger partial charge in [-0.25, -0.2) is 4.79 Å². The van der Waals surface area contributed by atoms with Gasteiger partial charge in [-0.1, -0.05) is 0 Å². The Morgan fingerprint density at radius 3 is 2.68 bits per heavy atom. The zero-order valence-electron chi connectivity index (χ0n) is 14.9. The first-order valence-electron chi connectivity index (χ1n) is 7.97. The molecule has 0 bridgehead atoms. The molecule has 0 N–H and O–H groups in total. The number of hydrogen-bond acceptors (Lipinski definition) is 7. The quantitative estimate of drug-likeness (QED) is 0.667. The normalized spacial score (nSPS) is 13.0. The predicted octanol–water partition coefficient (Wildman–Crippen LogP) is 3.02. The van der Waals surface area contributed by atoms with Crippen molar-refractivity contribution in [1.29, 1.82) is 0 Å². The Morgan fingerprint density at radius 1 is 1.28 bits per heavy atom. The number of hydrogen-bond donors (Lipinski definition) is 0. The van der Waals surface area contributed by atoms with Gasteiger partial charge in [0.05, 0.1) is 0 Å². The van der Waals surface area contributed by atoms with Gasteiger partial charge >= 0.3 is 5.97 Å². The van der Waals surface area contributed by atoms with Crippen LogP contribution in [0.2, 0.25) is 0 Å². The number of likely N-dealkylation sites (N-methyl/N-ethyl adjacent to an activating group) is 1. The van der Waals surface area contributed by atoms with Gasteiger partial charge in [0.2, 0.25) is 0 Å². The summed E-state index contributed by atoms with van der Waals surface area (Å²) in [7, 11) is 1.82. The van der Waals surface area contributed by atoms with Crippen LogP contribution in [0.4, 0.5) is 5.82 Å². The highest BCUT2D eigenvalue weighted by Crippen LogP contribution is 2.22. The highest BCUT2D eigenvalue weighted by Gasteiger charge is 2.26. The molecule has 3 heterocycles. The molecule has 0 aromatic carbocycles. The Labute approximate surface area is 150 Å². The Hall–Kier alpha value is -2.48. The Kier molecular flexibility index (Phi) is 4.47. The van der Waals surface area contributed by atoms with Gasteiger partial charge in [-0.3, -0.25) is 0 Å². The van der Waals surface area contributed by atoms with Crippen LogP contribution in [-0.4, -0.2) is 44.5 Å². The van der Waals surface area contributed by atoms with Crippen LogP contribution >= 0.6 is 11.3 Å². The van der Waals surface area contributed by atoms with Crippen molar-refractivity contribution in [3.8, 4) is 11.4 Å². The molecular formula is C17H21N5O2S. The summed E-state index contributed by atoms with van der Waals surface area (Å²) in [5.41, 5.74) is 1.09. The molecule has 0 spiro atoms. The van der Waals surface area contributed by atoms with Gasteiger partial charge in [-0.2, -0.15) is 15.9 Å². The van der Waals surface area contributed by atoms with E-state index in [9.17, 15) is 4.79 Å². The lowest BCUT2D eigenvalue weighted by Crippen LogP contribution is -2.41. The molecule has 7 nitrogen and oxygen atoms in total. The Balaban J connectivity index is 1.90. The standard InChI is InChI=1S/C17H21N5O2S/c1-11(16(23)24-17(2,3)4)21(5)14-7-6-13-18-19-15(22(13)20-14)12-8-9-25-10-12/h6-11H,1-5H3. The van der Waals surface area contributed by atoms with Crippen LogP contribution in [0.15, 0.2) is 29.0 Å². The van der Waals surface area contributed by atoms with E-state index in [0.717, 1.165) is 5.56 Å². The number of nitrogens with zero attached hydrogens (tertiary/aromatic N) is 5. The third-order valence-corrected chi connectivity index (χ3v) is 4.40. The fourth-order valence-electron chi connectivity index (χ4n) is 2.28. The van der Waals surface area contributed by atoms with Crippen LogP contribution in [0.5, 0.6) is 0 Å². The van der Waals surface area contributed by atoms with Crippen molar-refractivity contribution in [2.45, 2.75) is 39.3 Å². The summed E-state index contributed by atoms with van der Waals surface area (Å²) in [6, 6.07) is 5.17. The number of carbonyl (C=O) groups is 1. The van der Waals surface area contributed by atoms with Gasteiger partial charge in [-0.15, -0.1) is 15.3 Å². The van der Waals surface area contributed by atoms with Gasteiger partial charge < -0.3 is 9.64 Å². The van der Waals surface area contributed by atoms with Crippen molar-refractivity contribution in [1.82, 2.24) is 19.8 Å². The van der Waals surface area contributed by atoms with Crippen molar-refractivity contribution < 1.29 is 9.53 Å². The smallest absolute Gasteiger partial charge is 0.329 e. The second-order valence-electron chi connectivity index (χ2n) is 6.82. The van der Waals surface area contributed by atoms with E-state index in [1.807, 2.05) is 56.8 Å². The number of fused-ring (bicyclic) bond motifs is 1. The van der Waals surface area contributed by atoms with Crippen LogP contribution < -0.4 is 4.90 Å². The minimum atomic E-state index is -0.524. The lowest BCUT2D eigenvalue weighted by atomic mass is 10.2. The second-order valence-corrected chi connectivity index (χ2v) is 7.60. The molecule has 0 aliphatic heterocycles. The highest BCUT2D eigenvalue weighted by atomic mass is 32.1. The van der Waals surface area contributed by atoms with Crippen molar-refractivity contribution in [3.63, 3.8) is 0 Å². The highest BCUT2D eigenvalue weighted by molar-refractivity contribution is 7.08. The number of thiophene rings is 1. The molecule has 0 radical (unpaired) electrons. The first-order valence-corrected chi connectivity index (χ1v) is 8.91. The van der Waals surface area contributed by atoms with E-state index in [-0.39, 0.29) is 5.97 Å². The minimum Gasteiger partial charge on any atom is -0.458 e. The number of ether oxygens (including phenoxy) is 1. The molecule has 0 saturated heterocycles. The molecule has 3 aromatic rings. The maximum absolute atomic E-state index is 12.3. The summed E-state index contributed by atoms with van der Waals surface area (Å²) in [6.07, 6.45) is 0. The molecule has 0 aliphatic rings. The lowest BCUT2D eigenvalue weighted by molar-refractivity contribution is -0.156. The summed E-state index contributed by atoms with van der Waals surface area (Å²) < 4.78 is 7.15. The summed E-state index contributed by atoms with van der Waals surface area (Å²) >= 11 is 1.59. The Morgan fingerprint density at radius 2 is 2.04 bits per heavy atom. The number of aromatic nitrogens is 4. The molecule has 1 unspecified atom stereocenters. The SMILES string of the molecule is CC(C(=O)OC(C)(C)C)N(C)c1ccc2nnc(-c3ccsc3)n2n1. The predicted molar refractivity (Wildman–Crippen MR) is 97.8 cm³/mol. The monoisotopic (exact) mass is 359 g/mol. The van der Waals surface area contributed by atoms with Gasteiger partial charge in [0.1, 0.15) is 17.5 Å². The van der Waals surface area contributed by atoms with Crippen molar-refractivity contribution in [2.24, 2.45) is 0 Å². The molecule has 1 atom stereocenters. The molecular weight excluding hydrogens is 338 g/mol. The molecule has 0 fully saturated rings. The summed E-state index contributed by atoms with van der Waals surface area (Å²) in [5, 5.41) is 16.9. The number of anilines is 1. The van der Waals surface area contributed by atoms with Crippen LogP contribution in [-0.2, 0) is 9.53 Å². The molecule has 25 heavy (non-hydrogen) atoms. The van der Waals surface area contributed by atoms with E-state index in [2.05, 4.69) is 15.3 Å². The molecule has 0 amide bonds. The first kappa shape index (κ1) is 17.3. The number of carbonyl (C=O) groups excluding carboxylic acids is 1. The largest absolute Gasteiger partial charge is 0.458 e. The zero-order valence-corrected chi connectivity index (χ0v) is 15.7. The van der Waals surface area contributed by atoms with E-state index in [0.29, 0.717) is 17.3 Å². The first-order chi connectivity index (χ1) is 11.8. The van der Waals surface area contributed by atoms with Crippen LogP contribution in [0.3, 0.4) is 0 Å². The molecule has 0 aliphatic carbocycles. The van der Waals surface area contributed by atoms with Crippen molar-refractivity contribution >= 4 is 28.8 Å². The van der Waals surface area contributed by atoms with E-state index in [4.69, 9.17) is 4.74 Å². The van der Waals surface area contributed by atoms with Crippen LogP contribution in [0.1, 0.15) is 27.7 Å². The van der Waals surface area contributed by atoms with E-state index in [1.54, 1.807) is 27.7 Å². The zero-order chi connectivity index (χ0) is 18.2. The number of rotatable bonds is 4. The van der Waals surface area contributed by atoms with E-state index in [1.165, 1.54) is 0 Å². The lowest BCUT2D eigenvalue weighted by Gasteiger charge is -2.28. The molecule has 3 aromatic heterocycles. The third-order valence-electron chi connectivity index (χ3n) is 3.72. The third kappa shape index (κ3) is 3.63. The molecule has 3 rings (SSSR count). The average molecular weight is 359 g/mol. The summed E-state index contributed by atoms with van der Waals surface area (Å²) in [6.45, 7) is 7.36. The van der Waals surface area contributed by atoms with Gasteiger partial charge in [0.25, 0.3) is 0 Å². The van der Waals surface area contributed by atoms with Crippen LogP contribution in [0.25, 0.3) is 17.0 Å². The Bertz CT molecular complexity index is 882. The van der Waals surface area contributed by atoms with Crippen LogP contribution in [0, 0.1) is 0 Å². The fourth-order valence-corrected chi connectivity index (χ4v) is 2.92. The van der Waals surface area contributed by atoms with Crippen molar-refractivity contribution in [3.05, 3.63) is 29.0 Å². The van der Waals surface area contributed by atoms with Gasteiger partial charge in [-0.05, 0) is 51.3 Å². The minimum absolute atomic E-state index is 0.293. The van der Waals surface area contributed by atoms with E-state index >= 15 is 0 Å². The maximum atomic E-state index is 12.3. The van der Waals surface area contributed by atoms with Gasteiger partial charge in [0.15, 0.2) is 11.5 Å². The second kappa shape index (κ2) is 6.44. The topological polar surface area (TPSA) is 72.6 Å². The fraction of sp³-hybridized carbons (Fsp3) is 0.412.